The molecular weight excluding hydrogens is 298 g/mol. The zero-order valence-electron chi connectivity index (χ0n) is 13.1. The summed E-state index contributed by atoms with van der Waals surface area (Å²) in [4.78, 5) is 26.0. The molecule has 1 atom stereocenters. The summed E-state index contributed by atoms with van der Waals surface area (Å²) >= 11 is 0. The number of hydrogen-bond acceptors (Lipinski definition) is 4. The summed E-state index contributed by atoms with van der Waals surface area (Å²) in [5, 5.41) is 19.9. The molecule has 1 aromatic heterocycles. The largest absolute Gasteiger partial charge is 0.507 e. The van der Waals surface area contributed by atoms with E-state index in [1.807, 2.05) is 13.8 Å². The number of phenolic OH excluding ortho intramolecular Hbond substituents is 1. The van der Waals surface area contributed by atoms with Gasteiger partial charge in [-0.15, -0.1) is 0 Å². The Hall–Kier alpha value is -2.50. The van der Waals surface area contributed by atoms with Crippen molar-refractivity contribution in [3.05, 3.63) is 30.0 Å². The summed E-state index contributed by atoms with van der Waals surface area (Å²) in [7, 11) is 0. The van der Waals surface area contributed by atoms with Gasteiger partial charge in [0.15, 0.2) is 0 Å². The van der Waals surface area contributed by atoms with Gasteiger partial charge in [-0.3, -0.25) is 9.59 Å². The number of fused-ring (bicyclic) bond motifs is 1. The Kier molecular flexibility index (Phi) is 3.55. The summed E-state index contributed by atoms with van der Waals surface area (Å²) < 4.78 is 5.33. The molecule has 6 heteroatoms. The molecule has 3 rings (SSSR count). The number of aliphatic carboxylic acids is 1. The second-order valence-corrected chi connectivity index (χ2v) is 6.39. The number of hydrogen-bond donors (Lipinski definition) is 2. The molecule has 23 heavy (non-hydrogen) atoms. The van der Waals surface area contributed by atoms with Gasteiger partial charge in [0.1, 0.15) is 17.6 Å². The fraction of sp³-hybridized carbons (Fsp3) is 0.412. The topological polar surface area (TPSA) is 91.0 Å². The van der Waals surface area contributed by atoms with Gasteiger partial charge in [0.05, 0.1) is 16.4 Å². The zero-order valence-corrected chi connectivity index (χ0v) is 13.1. The number of likely N-dealkylation sites (tertiary alicyclic amines) is 1. The van der Waals surface area contributed by atoms with Gasteiger partial charge in [-0.25, -0.2) is 0 Å². The predicted octanol–water partition coefficient (Wildman–Crippen LogP) is 2.71. The Labute approximate surface area is 133 Å². The van der Waals surface area contributed by atoms with Crippen LogP contribution in [-0.2, 0) is 4.79 Å². The van der Waals surface area contributed by atoms with Gasteiger partial charge in [0, 0.05) is 13.1 Å². The lowest BCUT2D eigenvalue weighted by Gasteiger charge is -2.28. The van der Waals surface area contributed by atoms with Gasteiger partial charge in [-0.05, 0) is 24.5 Å². The second kappa shape index (κ2) is 5.30. The highest BCUT2D eigenvalue weighted by Gasteiger charge is 2.48. The van der Waals surface area contributed by atoms with Crippen LogP contribution in [0.5, 0.6) is 5.75 Å². The Morgan fingerprint density at radius 3 is 2.70 bits per heavy atom. The molecule has 0 aliphatic carbocycles. The number of rotatable bonds is 3. The maximum atomic E-state index is 12.8. The molecule has 2 aromatic rings. The molecule has 2 heterocycles. The average molecular weight is 317 g/mol. The minimum atomic E-state index is -0.919. The number of carboxylic acids is 1. The molecule has 0 bridgehead atoms. The van der Waals surface area contributed by atoms with E-state index in [0.717, 1.165) is 0 Å². The van der Waals surface area contributed by atoms with E-state index in [2.05, 4.69) is 0 Å². The first-order valence-electron chi connectivity index (χ1n) is 7.58. The maximum absolute atomic E-state index is 12.8. The first-order valence-corrected chi connectivity index (χ1v) is 7.58. The van der Waals surface area contributed by atoms with Crippen molar-refractivity contribution in [2.24, 2.45) is 11.3 Å². The first-order chi connectivity index (χ1) is 10.9. The van der Waals surface area contributed by atoms with E-state index in [4.69, 9.17) is 4.42 Å². The van der Waals surface area contributed by atoms with E-state index in [1.165, 1.54) is 17.2 Å². The SMILES string of the molecule is CC(C)C1(C(=O)O)CCN(C(=O)c2coc3cccc(O)c23)C1. The second-order valence-electron chi connectivity index (χ2n) is 6.39. The Morgan fingerprint density at radius 1 is 1.35 bits per heavy atom. The van der Waals surface area contributed by atoms with Crippen LogP contribution < -0.4 is 0 Å². The van der Waals surface area contributed by atoms with Crippen LogP contribution in [0.25, 0.3) is 11.0 Å². The number of carbonyl (C=O) groups excluding carboxylic acids is 1. The third kappa shape index (κ3) is 2.25. The van der Waals surface area contributed by atoms with Crippen molar-refractivity contribution in [3.63, 3.8) is 0 Å². The molecule has 1 saturated heterocycles. The van der Waals surface area contributed by atoms with Crippen LogP contribution in [0.2, 0.25) is 0 Å². The number of benzene rings is 1. The summed E-state index contributed by atoms with van der Waals surface area (Å²) in [6.45, 7) is 4.27. The van der Waals surface area contributed by atoms with Gasteiger partial charge in [-0.2, -0.15) is 0 Å². The molecule has 1 fully saturated rings. The van der Waals surface area contributed by atoms with Gasteiger partial charge < -0.3 is 19.5 Å². The number of carbonyl (C=O) groups is 2. The van der Waals surface area contributed by atoms with Crippen LogP contribution in [0.1, 0.15) is 30.6 Å². The molecular formula is C17H19NO5. The number of phenols is 1. The normalized spacial score (nSPS) is 21.3. The lowest BCUT2D eigenvalue weighted by atomic mass is 9.76. The van der Waals surface area contributed by atoms with E-state index in [-0.39, 0.29) is 29.7 Å². The van der Waals surface area contributed by atoms with Gasteiger partial charge in [0.2, 0.25) is 0 Å². The molecule has 1 unspecified atom stereocenters. The minimum Gasteiger partial charge on any atom is -0.507 e. The van der Waals surface area contributed by atoms with Crippen molar-refractivity contribution < 1.29 is 24.2 Å². The fourth-order valence-electron chi connectivity index (χ4n) is 3.30. The number of amides is 1. The Bertz CT molecular complexity index is 778. The highest BCUT2D eigenvalue weighted by molar-refractivity contribution is 6.08. The van der Waals surface area contributed by atoms with E-state index < -0.39 is 11.4 Å². The van der Waals surface area contributed by atoms with Crippen LogP contribution >= 0.6 is 0 Å². The predicted molar refractivity (Wildman–Crippen MR) is 83.3 cm³/mol. The maximum Gasteiger partial charge on any atom is 0.311 e. The summed E-state index contributed by atoms with van der Waals surface area (Å²) in [6, 6.07) is 4.80. The van der Waals surface area contributed by atoms with Crippen LogP contribution in [0.15, 0.2) is 28.9 Å². The summed E-state index contributed by atoms with van der Waals surface area (Å²) in [6.07, 6.45) is 1.75. The molecule has 1 aliphatic heterocycles. The highest BCUT2D eigenvalue weighted by atomic mass is 16.4. The van der Waals surface area contributed by atoms with Gasteiger partial charge in [0.25, 0.3) is 5.91 Å². The third-order valence-electron chi connectivity index (χ3n) is 4.93. The van der Waals surface area contributed by atoms with Crippen LogP contribution in [0.3, 0.4) is 0 Å². The number of carboxylic acid groups (broad SMARTS) is 1. The van der Waals surface area contributed by atoms with Crippen molar-refractivity contribution in [2.45, 2.75) is 20.3 Å². The molecule has 6 nitrogen and oxygen atoms in total. The zero-order chi connectivity index (χ0) is 16.8. The molecule has 1 aromatic carbocycles. The molecule has 122 valence electrons. The smallest absolute Gasteiger partial charge is 0.311 e. The number of aromatic hydroxyl groups is 1. The Morgan fingerprint density at radius 2 is 2.09 bits per heavy atom. The van der Waals surface area contributed by atoms with E-state index >= 15 is 0 Å². The minimum absolute atomic E-state index is 0.0212. The monoisotopic (exact) mass is 317 g/mol. The fourth-order valence-corrected chi connectivity index (χ4v) is 3.30. The van der Waals surface area contributed by atoms with Gasteiger partial charge >= 0.3 is 5.97 Å². The molecule has 2 N–H and O–H groups in total. The van der Waals surface area contributed by atoms with Crippen molar-refractivity contribution in [1.82, 2.24) is 4.90 Å². The Balaban J connectivity index is 1.94. The standard InChI is InChI=1S/C17H19NO5/c1-10(2)17(16(21)22)6-7-18(9-17)15(20)11-8-23-13-5-3-4-12(19)14(11)13/h3-5,8,10,19H,6-7,9H2,1-2H3,(H,21,22). The molecule has 0 saturated carbocycles. The van der Waals surface area contributed by atoms with Crippen LogP contribution in [0.4, 0.5) is 0 Å². The molecule has 0 radical (unpaired) electrons. The molecule has 0 spiro atoms. The van der Waals surface area contributed by atoms with E-state index in [0.29, 0.717) is 23.9 Å². The highest BCUT2D eigenvalue weighted by Crippen LogP contribution is 2.39. The summed E-state index contributed by atoms with van der Waals surface area (Å²) in [5.74, 6) is -1.28. The average Bonchev–Trinajstić information content (AvgIpc) is 3.12. The van der Waals surface area contributed by atoms with Crippen molar-refractivity contribution >= 4 is 22.8 Å². The van der Waals surface area contributed by atoms with Crippen LogP contribution in [0, 0.1) is 11.3 Å². The van der Waals surface area contributed by atoms with Crippen molar-refractivity contribution in [3.8, 4) is 5.75 Å². The van der Waals surface area contributed by atoms with Gasteiger partial charge in [-0.1, -0.05) is 19.9 Å². The third-order valence-corrected chi connectivity index (χ3v) is 4.93. The van der Waals surface area contributed by atoms with Crippen molar-refractivity contribution in [2.75, 3.05) is 13.1 Å². The summed E-state index contributed by atoms with van der Waals surface area (Å²) in [5.41, 5.74) is -0.221. The lowest BCUT2D eigenvalue weighted by Crippen LogP contribution is -2.40. The molecule has 1 amide bonds. The first kappa shape index (κ1) is 15.4. The van der Waals surface area contributed by atoms with Crippen molar-refractivity contribution in [1.29, 1.82) is 0 Å². The quantitative estimate of drug-likeness (QED) is 0.908. The lowest BCUT2D eigenvalue weighted by molar-refractivity contribution is -0.150. The van der Waals surface area contributed by atoms with E-state index in [1.54, 1.807) is 12.1 Å². The van der Waals surface area contributed by atoms with Crippen LogP contribution in [-0.4, -0.2) is 40.1 Å². The van der Waals surface area contributed by atoms with E-state index in [9.17, 15) is 19.8 Å². The number of nitrogens with zero attached hydrogens (tertiary/aromatic N) is 1. The number of furan rings is 1. The molecule has 1 aliphatic rings.